The molecule has 0 N–H and O–H groups in total. The Kier molecular flexibility index (Phi) is 7.24. The fraction of sp³-hybridized carbons (Fsp3) is 0.609. The van der Waals surface area contributed by atoms with Crippen LogP contribution in [0.3, 0.4) is 0 Å². The molecule has 1 saturated heterocycles. The lowest BCUT2D eigenvalue weighted by atomic mass is 10.2. The molecule has 1 aromatic carbocycles. The number of nitrogens with zero attached hydrogens (tertiary/aromatic N) is 3. The van der Waals surface area contributed by atoms with Crippen LogP contribution in [0, 0.1) is 0 Å². The van der Waals surface area contributed by atoms with Crippen LogP contribution in [-0.4, -0.2) is 58.6 Å². The highest BCUT2D eigenvalue weighted by Gasteiger charge is 2.34. The molecule has 9 heteroatoms. The summed E-state index contributed by atoms with van der Waals surface area (Å²) in [5.41, 5.74) is 0.605. The maximum atomic E-state index is 13.3. The quantitative estimate of drug-likeness (QED) is 0.428. The highest BCUT2D eigenvalue weighted by Crippen LogP contribution is 2.32. The van der Waals surface area contributed by atoms with Crippen LogP contribution in [0.15, 0.2) is 34.2 Å². The van der Waals surface area contributed by atoms with Gasteiger partial charge in [0, 0.05) is 18.6 Å². The molecule has 2 fully saturated rings. The van der Waals surface area contributed by atoms with Crippen molar-refractivity contribution >= 4 is 38.4 Å². The summed E-state index contributed by atoms with van der Waals surface area (Å²) in [6.07, 6.45) is 6.36. The lowest BCUT2D eigenvalue weighted by molar-refractivity contribution is -0.130. The minimum atomic E-state index is -3.07. The Morgan fingerprint density at radius 2 is 1.97 bits per heavy atom. The highest BCUT2D eigenvalue weighted by atomic mass is 32.2. The molecular weight excluding hydrogens is 446 g/mol. The summed E-state index contributed by atoms with van der Waals surface area (Å²) in [6, 6.07) is 7.22. The average molecular weight is 478 g/mol. The Labute approximate surface area is 193 Å². The van der Waals surface area contributed by atoms with Crippen LogP contribution in [0.1, 0.15) is 57.9 Å². The van der Waals surface area contributed by atoms with E-state index < -0.39 is 9.84 Å². The van der Waals surface area contributed by atoms with Crippen LogP contribution in [0.25, 0.3) is 10.9 Å². The number of benzene rings is 1. The zero-order valence-electron chi connectivity index (χ0n) is 18.5. The lowest BCUT2D eigenvalue weighted by Gasteiger charge is -2.28. The Bertz CT molecular complexity index is 1140. The number of unbranched alkanes of at least 4 members (excludes halogenated alkanes) is 1. The van der Waals surface area contributed by atoms with E-state index in [1.165, 1.54) is 11.8 Å². The third-order valence-corrected chi connectivity index (χ3v) is 9.20. The molecule has 2 aromatic rings. The second kappa shape index (κ2) is 9.95. The van der Waals surface area contributed by atoms with E-state index >= 15 is 0 Å². The van der Waals surface area contributed by atoms with Crippen molar-refractivity contribution in [3.8, 4) is 0 Å². The smallest absolute Gasteiger partial charge is 0.262 e. The number of fused-ring (bicyclic) bond motifs is 1. The number of para-hydroxylation sites is 1. The first-order valence-electron chi connectivity index (χ1n) is 11.5. The van der Waals surface area contributed by atoms with Gasteiger partial charge in [-0.1, -0.05) is 50.1 Å². The molecular formula is C23H31N3O4S2. The van der Waals surface area contributed by atoms with Crippen LogP contribution in [0.4, 0.5) is 0 Å². The summed E-state index contributed by atoms with van der Waals surface area (Å²) in [5, 5.41) is 1.19. The van der Waals surface area contributed by atoms with Gasteiger partial charge in [-0.3, -0.25) is 14.2 Å². The van der Waals surface area contributed by atoms with Crippen LogP contribution in [0.2, 0.25) is 0 Å². The van der Waals surface area contributed by atoms with Crippen LogP contribution < -0.4 is 5.56 Å². The van der Waals surface area contributed by atoms with Crippen molar-refractivity contribution in [2.75, 3.05) is 23.8 Å². The molecule has 0 spiro atoms. The molecule has 174 valence electrons. The largest absolute Gasteiger partial charge is 0.338 e. The van der Waals surface area contributed by atoms with Crippen molar-refractivity contribution in [1.29, 1.82) is 0 Å². The summed E-state index contributed by atoms with van der Waals surface area (Å²) >= 11 is 1.30. The van der Waals surface area contributed by atoms with Gasteiger partial charge in [0.2, 0.25) is 5.91 Å². The Hall–Kier alpha value is -1.87. The first kappa shape index (κ1) is 23.3. The number of amides is 1. The predicted molar refractivity (Wildman–Crippen MR) is 128 cm³/mol. The van der Waals surface area contributed by atoms with Gasteiger partial charge in [-0.2, -0.15) is 0 Å². The average Bonchev–Trinajstić information content (AvgIpc) is 3.42. The van der Waals surface area contributed by atoms with E-state index in [0.717, 1.165) is 38.5 Å². The molecule has 2 aliphatic rings. The van der Waals surface area contributed by atoms with E-state index in [4.69, 9.17) is 4.98 Å². The number of aromatic nitrogens is 2. The zero-order valence-corrected chi connectivity index (χ0v) is 20.2. The van der Waals surface area contributed by atoms with E-state index in [0.29, 0.717) is 29.0 Å². The molecule has 1 saturated carbocycles. The fourth-order valence-corrected chi connectivity index (χ4v) is 7.46. The van der Waals surface area contributed by atoms with Gasteiger partial charge >= 0.3 is 0 Å². The number of hydrogen-bond donors (Lipinski definition) is 0. The van der Waals surface area contributed by atoms with Gasteiger partial charge in [0.05, 0.1) is 28.2 Å². The summed E-state index contributed by atoms with van der Waals surface area (Å²) in [4.78, 5) is 33.0. The number of carbonyl (C=O) groups excluding carboxylic acids is 1. The van der Waals surface area contributed by atoms with Gasteiger partial charge in [0.1, 0.15) is 0 Å². The van der Waals surface area contributed by atoms with Crippen molar-refractivity contribution in [3.05, 3.63) is 34.6 Å². The molecule has 1 amide bonds. The molecule has 1 aliphatic heterocycles. The van der Waals surface area contributed by atoms with E-state index in [-0.39, 0.29) is 40.8 Å². The maximum absolute atomic E-state index is 13.3. The highest BCUT2D eigenvalue weighted by molar-refractivity contribution is 7.99. The van der Waals surface area contributed by atoms with Crippen LogP contribution in [-0.2, 0) is 14.6 Å². The third-order valence-electron chi connectivity index (χ3n) is 6.51. The predicted octanol–water partition coefficient (Wildman–Crippen LogP) is 3.42. The van der Waals surface area contributed by atoms with E-state index in [1.54, 1.807) is 9.47 Å². The molecule has 0 bridgehead atoms. The number of sulfone groups is 1. The van der Waals surface area contributed by atoms with Crippen LogP contribution >= 0.6 is 11.8 Å². The molecule has 32 heavy (non-hydrogen) atoms. The topological polar surface area (TPSA) is 89.3 Å². The molecule has 0 radical (unpaired) electrons. The normalized spacial score (nSPS) is 20.7. The molecule has 7 nitrogen and oxygen atoms in total. The van der Waals surface area contributed by atoms with E-state index in [9.17, 15) is 18.0 Å². The molecule has 1 unspecified atom stereocenters. The first-order valence-corrected chi connectivity index (χ1v) is 14.3. The SMILES string of the molecule is CCCCN(C(=O)CSc1nc2ccccc2c(=O)n1C1CCCC1)C1CCS(=O)(=O)C1. The van der Waals surface area contributed by atoms with Gasteiger partial charge in [-0.25, -0.2) is 13.4 Å². The fourth-order valence-electron chi connectivity index (χ4n) is 4.78. The molecule has 1 aliphatic carbocycles. The van der Waals surface area contributed by atoms with Crippen LogP contribution in [0.5, 0.6) is 0 Å². The monoisotopic (exact) mass is 477 g/mol. The Morgan fingerprint density at radius 1 is 1.22 bits per heavy atom. The summed E-state index contributed by atoms with van der Waals surface area (Å²) in [5.74, 6) is 0.269. The second-order valence-electron chi connectivity index (χ2n) is 8.81. The minimum Gasteiger partial charge on any atom is -0.338 e. The van der Waals surface area contributed by atoms with Crippen molar-refractivity contribution in [2.24, 2.45) is 0 Å². The van der Waals surface area contributed by atoms with E-state index in [1.807, 2.05) is 24.3 Å². The van der Waals surface area contributed by atoms with Crippen molar-refractivity contribution in [3.63, 3.8) is 0 Å². The van der Waals surface area contributed by atoms with Crippen molar-refractivity contribution in [2.45, 2.75) is 69.1 Å². The molecule has 1 atom stereocenters. The van der Waals surface area contributed by atoms with Crippen molar-refractivity contribution in [1.82, 2.24) is 14.5 Å². The summed E-state index contributed by atoms with van der Waals surface area (Å²) in [7, 11) is -3.07. The van der Waals surface area contributed by atoms with E-state index in [2.05, 4.69) is 6.92 Å². The van der Waals surface area contributed by atoms with Gasteiger partial charge < -0.3 is 4.90 Å². The number of carbonyl (C=O) groups is 1. The Balaban J connectivity index is 1.58. The van der Waals surface area contributed by atoms with Crippen molar-refractivity contribution < 1.29 is 13.2 Å². The van der Waals surface area contributed by atoms with Gasteiger partial charge in [-0.05, 0) is 37.8 Å². The number of hydrogen-bond acceptors (Lipinski definition) is 6. The lowest BCUT2D eigenvalue weighted by Crippen LogP contribution is -2.42. The number of rotatable bonds is 8. The summed E-state index contributed by atoms with van der Waals surface area (Å²) in [6.45, 7) is 2.62. The second-order valence-corrected chi connectivity index (χ2v) is 12.0. The molecule has 2 heterocycles. The minimum absolute atomic E-state index is 0.0397. The third kappa shape index (κ3) is 5.03. The zero-order chi connectivity index (χ0) is 22.7. The summed E-state index contributed by atoms with van der Waals surface area (Å²) < 4.78 is 25.8. The van der Waals surface area contributed by atoms with Gasteiger partial charge in [-0.15, -0.1) is 0 Å². The van der Waals surface area contributed by atoms with Gasteiger partial charge in [0.25, 0.3) is 5.56 Å². The number of thioether (sulfide) groups is 1. The molecule has 4 rings (SSSR count). The van der Waals surface area contributed by atoms with Gasteiger partial charge in [0.15, 0.2) is 15.0 Å². The maximum Gasteiger partial charge on any atom is 0.262 e. The standard InChI is InChI=1S/C23H31N3O4S2/c1-2-3-13-25(18-12-14-32(29,30)16-18)21(27)15-31-23-24-20-11-7-6-10-19(20)22(28)26(23)17-8-4-5-9-17/h6-7,10-11,17-18H,2-5,8-9,12-16H2,1H3. The first-order chi connectivity index (χ1) is 15.4. The molecule has 1 aromatic heterocycles. The Morgan fingerprint density at radius 3 is 2.66 bits per heavy atom.